The number of carbonyl (C=O) groups excluding carboxylic acids is 1. The quantitative estimate of drug-likeness (QED) is 0.670. The molecule has 0 N–H and O–H groups in total. The highest BCUT2D eigenvalue weighted by Crippen LogP contribution is 2.24. The minimum absolute atomic E-state index is 0.0534. The largest absolute Gasteiger partial charge is 0.573 e. The summed E-state index contributed by atoms with van der Waals surface area (Å²) >= 11 is 4.18. The lowest BCUT2D eigenvalue weighted by atomic mass is 10.1. The van der Waals surface area contributed by atoms with Crippen molar-refractivity contribution in [3.05, 3.63) is 42.2 Å². The van der Waals surface area contributed by atoms with Gasteiger partial charge >= 0.3 is 6.36 Å². The second-order valence-electron chi connectivity index (χ2n) is 7.27. The minimum Gasteiger partial charge on any atom is -0.471 e. The Hall–Kier alpha value is -2.57. The third kappa shape index (κ3) is 5.77. The van der Waals surface area contributed by atoms with Gasteiger partial charge in [-0.15, -0.1) is 13.2 Å². The molecule has 2 aliphatic rings. The van der Waals surface area contributed by atoms with Gasteiger partial charge in [0.05, 0.1) is 18.9 Å². The molecule has 166 valence electrons. The number of likely N-dealkylation sites (tertiary alicyclic amines) is 1. The molecule has 31 heavy (non-hydrogen) atoms. The van der Waals surface area contributed by atoms with Crippen LogP contribution in [0.25, 0.3) is 0 Å². The van der Waals surface area contributed by atoms with Gasteiger partial charge in [-0.25, -0.2) is 14.3 Å². The zero-order valence-electron chi connectivity index (χ0n) is 16.3. The van der Waals surface area contributed by atoms with Gasteiger partial charge in [0.15, 0.2) is 5.82 Å². The number of ether oxygens (including phenoxy) is 2. The molecule has 1 aromatic heterocycles. The van der Waals surface area contributed by atoms with E-state index in [1.54, 1.807) is 21.3 Å². The molecule has 4 rings (SSSR count). The smallest absolute Gasteiger partial charge is 0.471 e. The number of nitrogens with zero attached hydrogens (tertiary/aromatic N) is 5. The maximum Gasteiger partial charge on any atom is 0.573 e. The molecule has 2 saturated heterocycles. The lowest BCUT2D eigenvalue weighted by Gasteiger charge is -2.38. The summed E-state index contributed by atoms with van der Waals surface area (Å²) in [5, 5.41) is 0. The van der Waals surface area contributed by atoms with Crippen molar-refractivity contribution < 1.29 is 27.4 Å². The maximum atomic E-state index is 12.2. The zero-order valence-corrected chi connectivity index (χ0v) is 17.2. The van der Waals surface area contributed by atoms with E-state index in [1.165, 1.54) is 24.5 Å². The average Bonchev–Trinajstić information content (AvgIpc) is 2.67. The molecule has 2 aromatic rings. The highest BCUT2D eigenvalue weighted by Gasteiger charge is 2.32. The number of amides is 1. The second-order valence-corrected chi connectivity index (χ2v) is 7.84. The fourth-order valence-corrected chi connectivity index (χ4v) is 3.57. The maximum absolute atomic E-state index is 12.2. The van der Waals surface area contributed by atoms with E-state index in [9.17, 15) is 18.0 Å². The van der Waals surface area contributed by atoms with Gasteiger partial charge in [0.25, 0.3) is 0 Å². The zero-order chi connectivity index (χ0) is 22.0. The number of aromatic nitrogens is 2. The van der Waals surface area contributed by atoms with Gasteiger partial charge in [-0.2, -0.15) is 0 Å². The first-order chi connectivity index (χ1) is 14.7. The summed E-state index contributed by atoms with van der Waals surface area (Å²) in [6.45, 7) is 3.27. The normalized spacial score (nSPS) is 18.7. The fourth-order valence-electron chi connectivity index (χ4n) is 3.36. The van der Waals surface area contributed by atoms with Crippen molar-refractivity contribution in [1.29, 1.82) is 0 Å². The number of carbonyl (C=O) groups is 1. The van der Waals surface area contributed by atoms with Gasteiger partial charge in [0.1, 0.15) is 11.9 Å². The second kappa shape index (κ2) is 8.89. The van der Waals surface area contributed by atoms with Crippen molar-refractivity contribution in [3.63, 3.8) is 0 Å². The molecule has 1 aromatic carbocycles. The number of hydrogen-bond acceptors (Lipinski definition) is 8. The number of piperazine rings is 1. The van der Waals surface area contributed by atoms with E-state index in [-0.39, 0.29) is 24.3 Å². The van der Waals surface area contributed by atoms with Crippen molar-refractivity contribution in [2.75, 3.05) is 37.6 Å². The predicted octanol–water partition coefficient (Wildman–Crippen LogP) is 2.13. The third-order valence-electron chi connectivity index (χ3n) is 4.87. The molecule has 0 unspecified atom stereocenters. The number of benzene rings is 1. The monoisotopic (exact) mass is 455 g/mol. The van der Waals surface area contributed by atoms with E-state index >= 15 is 0 Å². The predicted molar refractivity (Wildman–Crippen MR) is 108 cm³/mol. The van der Waals surface area contributed by atoms with Crippen molar-refractivity contribution in [2.45, 2.75) is 19.0 Å². The van der Waals surface area contributed by atoms with Gasteiger partial charge < -0.3 is 9.47 Å². The van der Waals surface area contributed by atoms with Crippen molar-refractivity contribution >= 4 is 24.5 Å². The van der Waals surface area contributed by atoms with E-state index in [0.29, 0.717) is 44.4 Å². The van der Waals surface area contributed by atoms with E-state index in [4.69, 9.17) is 4.74 Å². The summed E-state index contributed by atoms with van der Waals surface area (Å²) < 4.78 is 47.9. The van der Waals surface area contributed by atoms with Crippen molar-refractivity contribution in [3.8, 4) is 11.6 Å². The molecule has 1 amide bonds. The standard InChI is InChI=1S/C19H20F3N5O3S/c20-19(21,22)30-14-3-1-13(2-4-14)9-25-10-15(11-25)29-17-8-23-16(7-24-17)27-6-5-26(31)12-18(27)28/h1-4,7-8,15,31H,5-6,9-12H2. The number of thiol groups is 1. The Morgan fingerprint density at radius 2 is 1.84 bits per heavy atom. The molecule has 0 aliphatic carbocycles. The molecule has 8 nitrogen and oxygen atoms in total. The van der Waals surface area contributed by atoms with Crippen molar-refractivity contribution in [2.24, 2.45) is 0 Å². The Balaban J connectivity index is 1.22. The van der Waals surface area contributed by atoms with Crippen LogP contribution in [0.15, 0.2) is 36.7 Å². The molecule has 3 heterocycles. The first-order valence-corrected chi connectivity index (χ1v) is 9.95. The molecule has 0 bridgehead atoms. The van der Waals surface area contributed by atoms with Crippen LogP contribution in [0.2, 0.25) is 0 Å². The first kappa shape index (κ1) is 21.7. The number of rotatable bonds is 6. The number of halogens is 3. The average molecular weight is 455 g/mol. The van der Waals surface area contributed by atoms with Crippen LogP contribution in [0.4, 0.5) is 19.0 Å². The number of hydrogen-bond donors (Lipinski definition) is 1. The van der Waals surface area contributed by atoms with Gasteiger partial charge in [0.2, 0.25) is 11.8 Å². The van der Waals surface area contributed by atoms with Crippen LogP contribution >= 0.6 is 12.8 Å². The highest BCUT2D eigenvalue weighted by molar-refractivity contribution is 7.77. The summed E-state index contributed by atoms with van der Waals surface area (Å²) in [6.07, 6.45) is -1.73. The Labute approximate surface area is 182 Å². The number of anilines is 1. The summed E-state index contributed by atoms with van der Waals surface area (Å²) in [5.41, 5.74) is 0.878. The Morgan fingerprint density at radius 1 is 1.10 bits per heavy atom. The van der Waals surface area contributed by atoms with Crippen LogP contribution in [0, 0.1) is 0 Å². The minimum atomic E-state index is -4.69. The summed E-state index contributed by atoms with van der Waals surface area (Å²) in [6, 6.07) is 5.81. The third-order valence-corrected chi connectivity index (χ3v) is 5.21. The van der Waals surface area contributed by atoms with Crippen LogP contribution < -0.4 is 14.4 Å². The van der Waals surface area contributed by atoms with Crippen LogP contribution in [-0.4, -0.2) is 70.3 Å². The summed E-state index contributed by atoms with van der Waals surface area (Å²) in [5.74, 6) is 0.531. The van der Waals surface area contributed by atoms with Gasteiger partial charge in [-0.1, -0.05) is 24.9 Å². The fraction of sp³-hybridized carbons (Fsp3) is 0.421. The SMILES string of the molecule is O=C1CN(S)CCN1c1cnc(OC2CN(Cc3ccc(OC(F)(F)F)cc3)C2)cn1. The first-order valence-electron chi connectivity index (χ1n) is 9.55. The molecule has 0 saturated carbocycles. The molecular weight excluding hydrogens is 435 g/mol. The van der Waals surface area contributed by atoms with Crippen molar-refractivity contribution in [1.82, 2.24) is 19.2 Å². The molecule has 2 fully saturated rings. The van der Waals surface area contributed by atoms with Crippen LogP contribution in [0.3, 0.4) is 0 Å². The molecule has 12 heteroatoms. The number of alkyl halides is 3. The lowest BCUT2D eigenvalue weighted by Crippen LogP contribution is -2.53. The van der Waals surface area contributed by atoms with Crippen LogP contribution in [0.1, 0.15) is 5.56 Å². The van der Waals surface area contributed by atoms with E-state index in [1.807, 2.05) is 0 Å². The summed E-state index contributed by atoms with van der Waals surface area (Å²) in [4.78, 5) is 24.3. The lowest BCUT2D eigenvalue weighted by molar-refractivity contribution is -0.274. The molecule has 0 spiro atoms. The van der Waals surface area contributed by atoms with E-state index in [2.05, 4.69) is 32.4 Å². The van der Waals surface area contributed by atoms with Crippen LogP contribution in [-0.2, 0) is 11.3 Å². The highest BCUT2D eigenvalue weighted by atomic mass is 32.1. The molecule has 2 aliphatic heterocycles. The molecular formula is C19H20F3N5O3S. The van der Waals surface area contributed by atoms with Gasteiger partial charge in [-0.3, -0.25) is 14.6 Å². The topological polar surface area (TPSA) is 71.0 Å². The van der Waals surface area contributed by atoms with E-state index < -0.39 is 6.36 Å². The van der Waals surface area contributed by atoms with Gasteiger partial charge in [-0.05, 0) is 17.7 Å². The van der Waals surface area contributed by atoms with E-state index in [0.717, 1.165) is 5.56 Å². The molecule has 0 radical (unpaired) electrons. The van der Waals surface area contributed by atoms with Crippen LogP contribution in [0.5, 0.6) is 11.6 Å². The Bertz CT molecular complexity index is 907. The Morgan fingerprint density at radius 3 is 2.45 bits per heavy atom. The Kier molecular flexibility index (Phi) is 6.21. The summed E-state index contributed by atoms with van der Waals surface area (Å²) in [7, 11) is 0. The molecule has 0 atom stereocenters. The van der Waals surface area contributed by atoms with Gasteiger partial charge in [0, 0.05) is 32.7 Å².